The Hall–Kier alpha value is -7.22. The van der Waals surface area contributed by atoms with E-state index >= 15 is 0 Å². The van der Waals surface area contributed by atoms with E-state index in [4.69, 9.17) is 92.9 Å². The Bertz CT molecular complexity index is 4130. The Kier molecular flexibility index (Phi) is 36.3. The van der Waals surface area contributed by atoms with Gasteiger partial charge in [0.1, 0.15) is 10.3 Å². The van der Waals surface area contributed by atoms with E-state index < -0.39 is 21.4 Å². The first kappa shape index (κ1) is 96.4. The van der Waals surface area contributed by atoms with Crippen molar-refractivity contribution in [2.45, 2.75) is 243 Å². The van der Waals surface area contributed by atoms with Gasteiger partial charge in [-0.05, 0) is 184 Å². The number of rotatable bonds is 22. The van der Waals surface area contributed by atoms with E-state index in [0.29, 0.717) is 66.1 Å². The zero-order chi connectivity index (χ0) is 84.9. The van der Waals surface area contributed by atoms with Gasteiger partial charge in [-0.1, -0.05) is 134 Å². The maximum atomic E-state index is 11.8. The molecule has 2 aromatic heterocycles. The molecule has 113 heavy (non-hydrogen) atoms. The first-order chi connectivity index (χ1) is 52.6. The molecule has 0 spiro atoms. The minimum Gasteiger partial charge on any atom is -0.423 e. The highest BCUT2D eigenvalue weighted by Crippen LogP contribution is 2.39. The molecule has 1 saturated carbocycles. The lowest BCUT2D eigenvalue weighted by Crippen LogP contribution is -2.41. The van der Waals surface area contributed by atoms with Gasteiger partial charge in [0.25, 0.3) is 0 Å². The third kappa shape index (κ3) is 29.2. The lowest BCUT2D eigenvalue weighted by molar-refractivity contribution is -0.123. The van der Waals surface area contributed by atoms with Crippen molar-refractivity contribution >= 4 is 146 Å². The van der Waals surface area contributed by atoms with Gasteiger partial charge in [-0.15, -0.1) is 0 Å². The molecular formula is C78H111B6Cl3N8O18. The molecule has 4 aromatic carbocycles. The quantitative estimate of drug-likeness (QED) is 0.0310. The number of aromatic nitrogens is 2. The largest absolute Gasteiger partial charge is 0.494 e. The number of hydrogen-bond acceptors (Lipinski definition) is 20. The molecule has 1 aliphatic carbocycles. The summed E-state index contributed by atoms with van der Waals surface area (Å²) in [5.41, 5.74) is 10.2. The minimum atomic E-state index is -1.59. The van der Waals surface area contributed by atoms with E-state index in [9.17, 15) is 28.8 Å². The van der Waals surface area contributed by atoms with E-state index in [-0.39, 0.29) is 137 Å². The van der Waals surface area contributed by atoms with Crippen molar-refractivity contribution in [3.05, 3.63) is 163 Å². The van der Waals surface area contributed by atoms with Gasteiger partial charge in [-0.25, -0.2) is 9.97 Å². The second kappa shape index (κ2) is 42.6. The molecule has 4 aliphatic rings. The van der Waals surface area contributed by atoms with E-state index in [1.807, 2.05) is 113 Å². The van der Waals surface area contributed by atoms with Crippen LogP contribution in [0, 0.1) is 26.7 Å². The number of carbonyl (C=O) groups excluding carboxylic acids is 6. The maximum absolute atomic E-state index is 11.8. The first-order valence-corrected chi connectivity index (χ1v) is 38.8. The molecule has 4 fully saturated rings. The number of pyridine rings is 2. The predicted octanol–water partition coefficient (Wildman–Crippen LogP) is 5.11. The van der Waals surface area contributed by atoms with Crippen molar-refractivity contribution in [3.8, 4) is 0 Å². The maximum Gasteiger partial charge on any atom is 0.494 e. The first-order valence-electron chi connectivity index (χ1n) is 37.6. The number of nitrogens with zero attached hydrogens (tertiary/aromatic N) is 2. The van der Waals surface area contributed by atoms with Gasteiger partial charge in [0.2, 0.25) is 35.4 Å². The average Bonchev–Trinajstić information content (AvgIpc) is 1.64. The van der Waals surface area contributed by atoms with Crippen LogP contribution in [0.4, 0.5) is 0 Å². The van der Waals surface area contributed by atoms with Crippen LogP contribution in [0.2, 0.25) is 15.3 Å². The summed E-state index contributed by atoms with van der Waals surface area (Å²) in [6.45, 7) is 41.3. The van der Waals surface area contributed by atoms with E-state index in [1.165, 1.54) is 50.0 Å². The van der Waals surface area contributed by atoms with Crippen LogP contribution in [0.25, 0.3) is 0 Å². The average molecular weight is 1620 g/mol. The molecule has 6 amide bonds. The Labute approximate surface area is 682 Å². The molecule has 3 aliphatic heterocycles. The molecule has 6 aromatic rings. The third-order valence-electron chi connectivity index (χ3n) is 20.4. The van der Waals surface area contributed by atoms with Crippen molar-refractivity contribution in [2.75, 3.05) is 0 Å². The number of hydrogen-bond donors (Lipinski definition) is 12. The van der Waals surface area contributed by atoms with Crippen LogP contribution in [-0.4, -0.2) is 152 Å². The lowest BCUT2D eigenvalue weighted by atomic mass is 9.78. The van der Waals surface area contributed by atoms with Gasteiger partial charge in [0.15, 0.2) is 0 Å². The van der Waals surface area contributed by atoms with Gasteiger partial charge < -0.3 is 90.0 Å². The second-order valence-electron chi connectivity index (χ2n) is 30.9. The molecule has 10 rings (SSSR count). The number of amides is 6. The van der Waals surface area contributed by atoms with Crippen molar-refractivity contribution in [2.24, 2.45) is 5.92 Å². The van der Waals surface area contributed by atoms with Crippen molar-refractivity contribution in [1.29, 1.82) is 0 Å². The smallest absolute Gasteiger partial charge is 0.423 e. The molecule has 3 saturated heterocycles. The zero-order valence-electron chi connectivity index (χ0n) is 68.7. The van der Waals surface area contributed by atoms with Gasteiger partial charge >= 0.3 is 42.7 Å². The number of carbonyl (C=O) groups is 6. The molecule has 0 radical (unpaired) electrons. The fraction of sp³-hybridized carbons (Fsp3) is 0.487. The van der Waals surface area contributed by atoms with Crippen molar-refractivity contribution < 1.29 is 86.8 Å². The molecule has 5 heterocycles. The van der Waals surface area contributed by atoms with Crippen LogP contribution in [-0.2, 0) is 96.0 Å². The van der Waals surface area contributed by atoms with Gasteiger partial charge in [-0.3, -0.25) is 28.8 Å². The number of halogens is 3. The summed E-state index contributed by atoms with van der Waals surface area (Å²) in [6, 6.07) is 26.1. The van der Waals surface area contributed by atoms with E-state index in [0.717, 1.165) is 57.0 Å². The number of nitrogens with one attached hydrogen (secondary N) is 6. The number of aryl methyl sites for hydroxylation is 3. The summed E-state index contributed by atoms with van der Waals surface area (Å²) in [5.74, 6) is 0.0564. The van der Waals surface area contributed by atoms with Crippen LogP contribution in [0.1, 0.15) is 200 Å². The van der Waals surface area contributed by atoms with Crippen LogP contribution in [0.15, 0.2) is 97.3 Å². The molecule has 35 heteroatoms. The highest BCUT2D eigenvalue weighted by molar-refractivity contribution is 6.63. The van der Waals surface area contributed by atoms with Gasteiger partial charge in [-0.2, -0.15) is 0 Å². The lowest BCUT2D eigenvalue weighted by Gasteiger charge is -2.32. The van der Waals surface area contributed by atoms with Crippen LogP contribution in [0.5, 0.6) is 0 Å². The summed E-state index contributed by atoms with van der Waals surface area (Å²) in [5, 5.41) is 71.3. The Balaban J connectivity index is 0.000000244. The summed E-state index contributed by atoms with van der Waals surface area (Å²) in [6.07, 6.45) is 5.88. The Morgan fingerprint density at radius 1 is 0.398 bits per heavy atom. The molecule has 610 valence electrons. The second-order valence-corrected chi connectivity index (χ2v) is 32.1. The minimum absolute atomic E-state index is 0.0320. The highest BCUT2D eigenvalue weighted by atomic mass is 35.5. The molecule has 26 nitrogen and oxygen atoms in total. The summed E-state index contributed by atoms with van der Waals surface area (Å²) >= 11 is 17.5. The van der Waals surface area contributed by atoms with Crippen LogP contribution in [0.3, 0.4) is 0 Å². The molecule has 0 atom stereocenters. The monoisotopic (exact) mass is 1620 g/mol. The molecular weight excluding hydrogens is 1510 g/mol. The Morgan fingerprint density at radius 2 is 0.673 bits per heavy atom. The van der Waals surface area contributed by atoms with Crippen molar-refractivity contribution in [3.63, 3.8) is 0 Å². The van der Waals surface area contributed by atoms with E-state index in [2.05, 4.69) is 94.7 Å². The highest BCUT2D eigenvalue weighted by Gasteiger charge is 2.54. The fourth-order valence-electron chi connectivity index (χ4n) is 10.5. The van der Waals surface area contributed by atoms with Crippen LogP contribution < -0.4 is 64.7 Å². The summed E-state index contributed by atoms with van der Waals surface area (Å²) < 4.78 is 36.5. The summed E-state index contributed by atoms with van der Waals surface area (Å²) in [7, 11) is -5.81. The zero-order valence-corrected chi connectivity index (χ0v) is 70.9. The number of benzene rings is 4. The standard InChI is InChI=1S/C18H26BNO3.C17H26BNO3.C16H24BNO3.C10H13BClNO3.C9H12BClN2O3.C8H10BClN2O3/c1-12-6-9-15(19-22-17(2,3)18(4,5)23-19)10-14(12)11-20-16(21)13-7-8-13;1-7-15(20)19-11-13-10-14(9-8-12(13)2)18-21-16(3,4)17(5,6)22-18;1-11-7-8-14(9-13(11)10-18-12(2)19)17-20-15(3,4)16(5,6)21-17;1-2-10(14)13-6-7-5-8(11(15)16)3-4-9(7)12;1-2-8(14)12-4-6-3-7(10(15)16)5-13-9(6)11;1-5(13)11-3-6-2-7(9(14)15)4-12-8(6)10/h6,9-10,13H,7-8,11H2,1-5H3,(H,20,21);8-10H,7,11H2,1-6H3,(H,19,20);7-9H,10H2,1-6H3,(H,18,19);3-5,15-16H,2,6H2,1H3,(H,13,14);3,5,15-16H,2,4H2,1H3,(H,12,14);2,4,14-15H,3H2,1H3,(H,11,13). The third-order valence-corrected chi connectivity index (χ3v) is 21.4. The predicted molar refractivity (Wildman–Crippen MR) is 446 cm³/mol. The van der Waals surface area contributed by atoms with Gasteiger partial charge in [0.05, 0.1) is 33.6 Å². The molecule has 0 bridgehead atoms. The topological polar surface area (TPSA) is 377 Å². The SMILES string of the molecule is CC(=O)NCc1cc(B(O)O)cnc1Cl.CC(=O)NCc1cc(B2OC(C)(C)C(C)(C)O2)ccc1C.CCC(=O)NCc1cc(B(O)O)ccc1Cl.CCC(=O)NCc1cc(B(O)O)cnc1Cl.CCC(=O)NCc1cc(B2OC(C)(C)C(C)(C)O2)ccc1C.Cc1ccc(B2OC(C)(C)C(C)(C)O2)cc1CNC(=O)C1CC1. The van der Waals surface area contributed by atoms with Crippen LogP contribution >= 0.6 is 34.8 Å². The van der Waals surface area contributed by atoms with Gasteiger partial charge in [0, 0.05) is 118 Å². The Morgan fingerprint density at radius 3 is 0.965 bits per heavy atom. The van der Waals surface area contributed by atoms with E-state index in [1.54, 1.807) is 26.0 Å². The normalized spacial score (nSPS) is 16.1. The van der Waals surface area contributed by atoms with Crippen molar-refractivity contribution in [1.82, 2.24) is 41.9 Å². The fourth-order valence-corrected chi connectivity index (χ4v) is 11.1. The summed E-state index contributed by atoms with van der Waals surface area (Å²) in [4.78, 5) is 74.7. The molecule has 12 N–H and O–H groups in total. The molecule has 0 unspecified atom stereocenters.